The second-order valence-electron chi connectivity index (χ2n) is 6.01. The zero-order valence-electron chi connectivity index (χ0n) is 14.2. The van der Waals surface area contributed by atoms with Crippen LogP contribution < -0.4 is 14.8 Å². The van der Waals surface area contributed by atoms with Gasteiger partial charge in [-0.05, 0) is 29.8 Å². The maximum atomic E-state index is 6.08. The van der Waals surface area contributed by atoms with E-state index in [1.807, 2.05) is 18.2 Å². The second-order valence-corrected chi connectivity index (χ2v) is 6.35. The van der Waals surface area contributed by atoms with E-state index < -0.39 is 0 Å². The Labute approximate surface area is 155 Å². The van der Waals surface area contributed by atoms with E-state index in [-0.39, 0.29) is 5.28 Å². The molecule has 1 aliphatic heterocycles. The van der Waals surface area contributed by atoms with E-state index in [1.165, 1.54) is 0 Å². The monoisotopic (exact) mass is 375 g/mol. The van der Waals surface area contributed by atoms with Crippen molar-refractivity contribution in [3.05, 3.63) is 41.6 Å². The molecule has 3 heterocycles. The molecular formula is C18H18ClN3O4. The van der Waals surface area contributed by atoms with Gasteiger partial charge in [0.25, 0.3) is 0 Å². The fourth-order valence-electron chi connectivity index (χ4n) is 2.69. The van der Waals surface area contributed by atoms with Crippen LogP contribution in [-0.2, 0) is 11.3 Å². The van der Waals surface area contributed by atoms with Crippen molar-refractivity contribution < 1.29 is 18.6 Å². The summed E-state index contributed by atoms with van der Waals surface area (Å²) in [4.78, 5) is 8.59. The van der Waals surface area contributed by atoms with Gasteiger partial charge in [-0.15, -0.1) is 0 Å². The molecule has 1 aliphatic rings. The predicted octanol–water partition coefficient (Wildman–Crippen LogP) is 3.52. The van der Waals surface area contributed by atoms with Gasteiger partial charge in [-0.3, -0.25) is 0 Å². The second kappa shape index (κ2) is 7.39. The Balaban J connectivity index is 1.65. The summed E-state index contributed by atoms with van der Waals surface area (Å²) in [6.45, 7) is 2.51. The van der Waals surface area contributed by atoms with Gasteiger partial charge in [0.2, 0.25) is 5.28 Å². The maximum Gasteiger partial charge on any atom is 0.224 e. The fourth-order valence-corrected chi connectivity index (χ4v) is 2.86. The average molecular weight is 376 g/mol. The Kier molecular flexibility index (Phi) is 4.81. The Morgan fingerprint density at radius 1 is 1.27 bits per heavy atom. The molecule has 0 atom stereocenters. The van der Waals surface area contributed by atoms with E-state index in [9.17, 15) is 0 Å². The summed E-state index contributed by atoms with van der Waals surface area (Å²) in [5.74, 6) is 3.05. The van der Waals surface area contributed by atoms with E-state index >= 15 is 0 Å². The molecule has 0 spiro atoms. The number of nitrogens with zero attached hydrogens (tertiary/aromatic N) is 2. The van der Waals surface area contributed by atoms with Gasteiger partial charge in [0.1, 0.15) is 11.6 Å². The highest BCUT2D eigenvalue weighted by molar-refractivity contribution is 6.28. The molecule has 0 radical (unpaired) electrons. The molecule has 4 rings (SSSR count). The van der Waals surface area contributed by atoms with Gasteiger partial charge in [-0.25, -0.2) is 9.97 Å². The molecule has 2 aromatic heterocycles. The zero-order valence-corrected chi connectivity index (χ0v) is 15.0. The molecule has 0 amide bonds. The van der Waals surface area contributed by atoms with Gasteiger partial charge in [0.05, 0.1) is 45.3 Å². The average Bonchev–Trinajstić information content (AvgIpc) is 3.11. The molecule has 26 heavy (non-hydrogen) atoms. The lowest BCUT2D eigenvalue weighted by atomic mass is 10.1. The third kappa shape index (κ3) is 3.54. The number of anilines is 1. The largest absolute Gasteiger partial charge is 0.493 e. The molecule has 0 aliphatic carbocycles. The molecular weight excluding hydrogens is 358 g/mol. The number of furan rings is 1. The lowest BCUT2D eigenvalue weighted by Crippen LogP contribution is -2.32. The highest BCUT2D eigenvalue weighted by atomic mass is 35.5. The van der Waals surface area contributed by atoms with Crippen LogP contribution in [0.15, 0.2) is 34.9 Å². The van der Waals surface area contributed by atoms with Crippen LogP contribution >= 0.6 is 11.6 Å². The minimum absolute atomic E-state index is 0.154. The SMILES string of the molecule is COc1cc2nc(Cl)nc(NCc3ccco3)c2cc1OCC1COC1. The van der Waals surface area contributed by atoms with Crippen molar-refractivity contribution in [2.24, 2.45) is 5.92 Å². The van der Waals surface area contributed by atoms with Crippen molar-refractivity contribution in [1.82, 2.24) is 9.97 Å². The number of halogens is 1. The van der Waals surface area contributed by atoms with Crippen molar-refractivity contribution in [2.45, 2.75) is 6.54 Å². The van der Waals surface area contributed by atoms with Crippen molar-refractivity contribution in [3.63, 3.8) is 0 Å². The van der Waals surface area contributed by atoms with Gasteiger partial charge in [-0.2, -0.15) is 0 Å². The first-order valence-electron chi connectivity index (χ1n) is 8.25. The molecule has 1 fully saturated rings. The van der Waals surface area contributed by atoms with Crippen molar-refractivity contribution in [2.75, 3.05) is 32.2 Å². The summed E-state index contributed by atoms with van der Waals surface area (Å²) in [5, 5.41) is 4.18. The summed E-state index contributed by atoms with van der Waals surface area (Å²) in [5.41, 5.74) is 0.670. The molecule has 0 unspecified atom stereocenters. The smallest absolute Gasteiger partial charge is 0.224 e. The molecule has 0 bridgehead atoms. The molecule has 7 nitrogen and oxygen atoms in total. The number of methoxy groups -OCH3 is 1. The third-order valence-electron chi connectivity index (χ3n) is 4.15. The Bertz CT molecular complexity index is 897. The van der Waals surface area contributed by atoms with Crippen LogP contribution in [0.25, 0.3) is 10.9 Å². The Morgan fingerprint density at radius 2 is 2.15 bits per heavy atom. The molecule has 1 aromatic carbocycles. The third-order valence-corrected chi connectivity index (χ3v) is 4.31. The standard InChI is InChI=1S/C18H18ClN3O4/c1-23-15-6-14-13(5-16(15)26-10-11-8-24-9-11)17(22-18(19)21-14)20-7-12-3-2-4-25-12/h2-6,11H,7-10H2,1H3,(H,20,21,22). The summed E-state index contributed by atoms with van der Waals surface area (Å²) < 4.78 is 21.9. The number of benzene rings is 1. The van der Waals surface area contributed by atoms with E-state index in [2.05, 4.69) is 15.3 Å². The first-order valence-corrected chi connectivity index (χ1v) is 8.63. The van der Waals surface area contributed by atoms with Gasteiger partial charge in [0, 0.05) is 17.4 Å². The van der Waals surface area contributed by atoms with Gasteiger partial charge in [-0.1, -0.05) is 0 Å². The van der Waals surface area contributed by atoms with Crippen LogP contribution in [-0.4, -0.2) is 36.9 Å². The number of fused-ring (bicyclic) bond motifs is 1. The van der Waals surface area contributed by atoms with Crippen molar-refractivity contribution in [3.8, 4) is 11.5 Å². The normalized spacial score (nSPS) is 14.2. The van der Waals surface area contributed by atoms with Crippen LogP contribution in [0.5, 0.6) is 11.5 Å². The van der Waals surface area contributed by atoms with Gasteiger partial charge < -0.3 is 23.9 Å². The van der Waals surface area contributed by atoms with E-state index in [1.54, 1.807) is 19.4 Å². The predicted molar refractivity (Wildman–Crippen MR) is 96.9 cm³/mol. The van der Waals surface area contributed by atoms with Crippen LogP contribution in [0.4, 0.5) is 5.82 Å². The molecule has 8 heteroatoms. The lowest BCUT2D eigenvalue weighted by Gasteiger charge is -2.26. The highest BCUT2D eigenvalue weighted by Gasteiger charge is 2.20. The van der Waals surface area contributed by atoms with Crippen LogP contribution in [0, 0.1) is 5.92 Å². The van der Waals surface area contributed by atoms with Gasteiger partial charge >= 0.3 is 0 Å². The van der Waals surface area contributed by atoms with E-state index in [0.29, 0.717) is 41.9 Å². The number of aromatic nitrogens is 2. The number of nitrogens with one attached hydrogen (secondary N) is 1. The van der Waals surface area contributed by atoms with Crippen LogP contribution in [0.2, 0.25) is 5.28 Å². The lowest BCUT2D eigenvalue weighted by molar-refractivity contribution is -0.0510. The minimum atomic E-state index is 0.154. The Morgan fingerprint density at radius 3 is 2.85 bits per heavy atom. The minimum Gasteiger partial charge on any atom is -0.493 e. The summed E-state index contributed by atoms with van der Waals surface area (Å²) in [7, 11) is 1.60. The summed E-state index contributed by atoms with van der Waals surface area (Å²) >= 11 is 6.08. The summed E-state index contributed by atoms with van der Waals surface area (Å²) in [6.07, 6.45) is 1.63. The first kappa shape index (κ1) is 16.9. The van der Waals surface area contributed by atoms with Gasteiger partial charge in [0.15, 0.2) is 11.5 Å². The highest BCUT2D eigenvalue weighted by Crippen LogP contribution is 2.35. The van der Waals surface area contributed by atoms with Crippen molar-refractivity contribution in [1.29, 1.82) is 0 Å². The maximum absolute atomic E-state index is 6.08. The molecule has 1 N–H and O–H groups in total. The molecule has 3 aromatic rings. The van der Waals surface area contributed by atoms with E-state index in [4.69, 9.17) is 30.2 Å². The molecule has 136 valence electrons. The van der Waals surface area contributed by atoms with Crippen LogP contribution in [0.3, 0.4) is 0 Å². The molecule has 1 saturated heterocycles. The molecule has 0 saturated carbocycles. The topological polar surface area (TPSA) is 78.6 Å². The number of hydrogen-bond donors (Lipinski definition) is 1. The quantitative estimate of drug-likeness (QED) is 0.633. The number of ether oxygens (including phenoxy) is 3. The first-order chi connectivity index (χ1) is 12.7. The zero-order chi connectivity index (χ0) is 17.9. The van der Waals surface area contributed by atoms with E-state index in [0.717, 1.165) is 24.4 Å². The fraction of sp³-hybridized carbons (Fsp3) is 0.333. The van der Waals surface area contributed by atoms with Crippen LogP contribution in [0.1, 0.15) is 5.76 Å². The Hall–Kier alpha value is -2.51. The van der Waals surface area contributed by atoms with Crippen molar-refractivity contribution >= 4 is 28.3 Å². The number of rotatable bonds is 7. The number of hydrogen-bond acceptors (Lipinski definition) is 7. The summed E-state index contributed by atoms with van der Waals surface area (Å²) in [6, 6.07) is 7.39.